The minimum Gasteiger partial charge on any atom is -0.342 e. The number of likely N-dealkylation sites (N-methyl/N-ethyl adjacent to an activating group) is 2. The Kier molecular flexibility index (Phi) is 6.78. The van der Waals surface area contributed by atoms with Crippen LogP contribution in [0.3, 0.4) is 0 Å². The van der Waals surface area contributed by atoms with Gasteiger partial charge in [0, 0.05) is 58.7 Å². The van der Waals surface area contributed by atoms with Crippen LogP contribution in [0.5, 0.6) is 0 Å². The van der Waals surface area contributed by atoms with Crippen molar-refractivity contribution in [2.24, 2.45) is 11.3 Å². The van der Waals surface area contributed by atoms with Crippen molar-refractivity contribution >= 4 is 17.8 Å². The van der Waals surface area contributed by atoms with E-state index in [1.54, 1.807) is 11.9 Å². The van der Waals surface area contributed by atoms with Crippen LogP contribution < -0.4 is 0 Å². The fourth-order valence-corrected chi connectivity index (χ4v) is 6.14. The number of carbonyl (C=O) groups is 3. The SMILES string of the molecule is CCN1C(=O)N(C)C(=O)C12CCN(C[C@H]1CN(C(=O)CC(C)(C)C)C[C@@H]1c1ccccc1)CC2. The third-order valence-corrected chi connectivity index (χ3v) is 7.93. The number of hydrogen-bond acceptors (Lipinski definition) is 4. The lowest BCUT2D eigenvalue weighted by molar-refractivity contribution is -0.135. The molecule has 4 amide bonds. The largest absolute Gasteiger partial charge is 0.342 e. The lowest BCUT2D eigenvalue weighted by Crippen LogP contribution is -2.57. The summed E-state index contributed by atoms with van der Waals surface area (Å²) in [6.07, 6.45) is 1.90. The first-order chi connectivity index (χ1) is 16.1. The molecule has 0 radical (unpaired) electrons. The first-order valence-electron chi connectivity index (χ1n) is 12.7. The Morgan fingerprint density at radius 2 is 1.71 bits per heavy atom. The minimum absolute atomic E-state index is 0.0256. The summed E-state index contributed by atoms with van der Waals surface area (Å²) in [4.78, 5) is 46.1. The van der Waals surface area contributed by atoms with E-state index >= 15 is 0 Å². The maximum atomic E-state index is 13.0. The van der Waals surface area contributed by atoms with E-state index in [-0.39, 0.29) is 23.3 Å². The summed E-state index contributed by atoms with van der Waals surface area (Å²) < 4.78 is 0. The van der Waals surface area contributed by atoms with E-state index in [0.717, 1.165) is 32.7 Å². The molecule has 186 valence electrons. The van der Waals surface area contributed by atoms with E-state index in [0.29, 0.717) is 37.6 Å². The third kappa shape index (κ3) is 4.59. The van der Waals surface area contributed by atoms with Gasteiger partial charge in [0.2, 0.25) is 5.91 Å². The van der Waals surface area contributed by atoms with Crippen molar-refractivity contribution in [3.8, 4) is 0 Å². The molecule has 3 saturated heterocycles. The molecule has 4 rings (SSSR count). The van der Waals surface area contributed by atoms with Crippen molar-refractivity contribution < 1.29 is 14.4 Å². The molecule has 3 aliphatic rings. The highest BCUT2D eigenvalue weighted by Gasteiger charge is 2.56. The van der Waals surface area contributed by atoms with E-state index in [1.165, 1.54) is 10.5 Å². The van der Waals surface area contributed by atoms with E-state index in [4.69, 9.17) is 0 Å². The summed E-state index contributed by atoms with van der Waals surface area (Å²) in [6, 6.07) is 10.4. The molecule has 1 spiro atoms. The van der Waals surface area contributed by atoms with Crippen molar-refractivity contribution in [2.45, 2.75) is 58.4 Å². The van der Waals surface area contributed by atoms with Gasteiger partial charge in [0.15, 0.2) is 0 Å². The Morgan fingerprint density at radius 1 is 1.06 bits per heavy atom. The van der Waals surface area contributed by atoms with Crippen LogP contribution in [0, 0.1) is 11.3 Å². The van der Waals surface area contributed by atoms with Crippen LogP contribution in [0.4, 0.5) is 4.79 Å². The van der Waals surface area contributed by atoms with Gasteiger partial charge in [-0.1, -0.05) is 51.1 Å². The summed E-state index contributed by atoms with van der Waals surface area (Å²) in [7, 11) is 1.60. The maximum Gasteiger partial charge on any atom is 0.327 e. The molecule has 2 atom stereocenters. The number of urea groups is 1. The van der Waals surface area contributed by atoms with Gasteiger partial charge in [-0.25, -0.2) is 4.79 Å². The minimum atomic E-state index is -0.680. The summed E-state index contributed by atoms with van der Waals surface area (Å²) in [6.45, 7) is 12.9. The second-order valence-corrected chi connectivity index (χ2v) is 11.5. The number of likely N-dealkylation sites (tertiary alicyclic amines) is 2. The van der Waals surface area contributed by atoms with Crippen molar-refractivity contribution in [1.29, 1.82) is 0 Å². The Balaban J connectivity index is 1.46. The zero-order valence-electron chi connectivity index (χ0n) is 21.4. The van der Waals surface area contributed by atoms with Gasteiger partial charge < -0.3 is 14.7 Å². The van der Waals surface area contributed by atoms with Gasteiger partial charge in [0.1, 0.15) is 5.54 Å². The Hall–Kier alpha value is -2.41. The molecule has 3 heterocycles. The predicted octanol–water partition coefficient (Wildman–Crippen LogP) is 3.41. The molecule has 0 unspecified atom stereocenters. The predicted molar refractivity (Wildman–Crippen MR) is 132 cm³/mol. The average molecular weight is 469 g/mol. The number of nitrogens with zero attached hydrogens (tertiary/aromatic N) is 4. The quantitative estimate of drug-likeness (QED) is 0.622. The third-order valence-electron chi connectivity index (χ3n) is 7.93. The standard InChI is InChI=1S/C27H40N4O3/c1-6-31-25(34)28(5)24(33)27(31)12-14-29(15-13-27)17-21-18-30(23(32)16-26(2,3)4)19-22(21)20-10-8-7-9-11-20/h7-11,21-22H,6,12-19H2,1-5H3/t21-,22+/m0/s1. The molecular weight excluding hydrogens is 428 g/mol. The van der Waals surface area contributed by atoms with Gasteiger partial charge in [-0.05, 0) is 36.7 Å². The van der Waals surface area contributed by atoms with E-state index < -0.39 is 5.54 Å². The van der Waals surface area contributed by atoms with Crippen LogP contribution in [-0.4, -0.2) is 89.3 Å². The Labute approximate surface area is 204 Å². The molecule has 3 aliphatic heterocycles. The smallest absolute Gasteiger partial charge is 0.327 e. The second-order valence-electron chi connectivity index (χ2n) is 11.5. The van der Waals surface area contributed by atoms with Gasteiger partial charge in [0.25, 0.3) is 5.91 Å². The van der Waals surface area contributed by atoms with Crippen molar-refractivity contribution in [3.63, 3.8) is 0 Å². The number of hydrogen-bond donors (Lipinski definition) is 0. The summed E-state index contributed by atoms with van der Waals surface area (Å²) in [5, 5.41) is 0. The lowest BCUT2D eigenvalue weighted by Gasteiger charge is -2.42. The monoisotopic (exact) mass is 468 g/mol. The zero-order valence-corrected chi connectivity index (χ0v) is 21.4. The number of amides is 4. The Bertz CT molecular complexity index is 918. The molecule has 0 saturated carbocycles. The molecule has 7 nitrogen and oxygen atoms in total. The molecule has 34 heavy (non-hydrogen) atoms. The van der Waals surface area contributed by atoms with Gasteiger partial charge in [0.05, 0.1) is 0 Å². The lowest BCUT2D eigenvalue weighted by atomic mass is 9.84. The number of carbonyl (C=O) groups excluding carboxylic acids is 3. The molecule has 0 bridgehead atoms. The molecular formula is C27H40N4O3. The van der Waals surface area contributed by atoms with Gasteiger partial charge in [-0.15, -0.1) is 0 Å². The Morgan fingerprint density at radius 3 is 2.29 bits per heavy atom. The molecule has 1 aromatic rings. The number of benzene rings is 1. The molecule has 3 fully saturated rings. The van der Waals surface area contributed by atoms with Crippen LogP contribution in [0.1, 0.15) is 58.4 Å². The number of imide groups is 1. The van der Waals surface area contributed by atoms with Gasteiger partial charge >= 0.3 is 6.03 Å². The van der Waals surface area contributed by atoms with Crippen LogP contribution in [-0.2, 0) is 9.59 Å². The van der Waals surface area contributed by atoms with E-state index in [2.05, 4.69) is 54.8 Å². The van der Waals surface area contributed by atoms with Crippen LogP contribution >= 0.6 is 0 Å². The van der Waals surface area contributed by atoms with Crippen LogP contribution in [0.25, 0.3) is 0 Å². The van der Waals surface area contributed by atoms with Crippen LogP contribution in [0.2, 0.25) is 0 Å². The topological polar surface area (TPSA) is 64.2 Å². The fourth-order valence-electron chi connectivity index (χ4n) is 6.14. The molecule has 0 aliphatic carbocycles. The first-order valence-corrected chi connectivity index (χ1v) is 12.7. The average Bonchev–Trinajstić information content (AvgIpc) is 3.29. The fraction of sp³-hybridized carbons (Fsp3) is 0.667. The van der Waals surface area contributed by atoms with Gasteiger partial charge in [-0.2, -0.15) is 0 Å². The highest BCUT2D eigenvalue weighted by molar-refractivity contribution is 6.06. The van der Waals surface area contributed by atoms with Crippen LogP contribution in [0.15, 0.2) is 30.3 Å². The summed E-state index contributed by atoms with van der Waals surface area (Å²) in [5.74, 6) is 0.853. The first kappa shape index (κ1) is 24.7. The highest BCUT2D eigenvalue weighted by Crippen LogP contribution is 2.39. The molecule has 7 heteroatoms. The second kappa shape index (κ2) is 9.33. The van der Waals surface area contributed by atoms with Gasteiger partial charge in [-0.3, -0.25) is 14.5 Å². The normalized spacial score (nSPS) is 25.6. The summed E-state index contributed by atoms with van der Waals surface area (Å²) in [5.41, 5.74) is 0.588. The molecule has 0 aromatic heterocycles. The number of rotatable bonds is 5. The maximum absolute atomic E-state index is 13.0. The van der Waals surface area contributed by atoms with Crippen molar-refractivity contribution in [3.05, 3.63) is 35.9 Å². The molecule has 1 aromatic carbocycles. The van der Waals surface area contributed by atoms with Crippen molar-refractivity contribution in [2.75, 3.05) is 46.3 Å². The van der Waals surface area contributed by atoms with E-state index in [9.17, 15) is 14.4 Å². The van der Waals surface area contributed by atoms with E-state index in [1.807, 2.05) is 13.0 Å². The zero-order chi connectivity index (χ0) is 24.7. The highest BCUT2D eigenvalue weighted by atomic mass is 16.2. The summed E-state index contributed by atoms with van der Waals surface area (Å²) >= 11 is 0. The number of piperidine rings is 1. The van der Waals surface area contributed by atoms with Crippen molar-refractivity contribution in [1.82, 2.24) is 19.6 Å². The molecule has 0 N–H and O–H groups in total.